The van der Waals surface area contributed by atoms with Crippen LogP contribution in [0.2, 0.25) is 0 Å². The van der Waals surface area contributed by atoms with Crippen molar-refractivity contribution in [1.29, 1.82) is 0 Å². The molecule has 9 nitrogen and oxygen atoms in total. The van der Waals surface area contributed by atoms with Gasteiger partial charge in [0.15, 0.2) is 4.90 Å². The zero-order valence-electron chi connectivity index (χ0n) is 13.6. The van der Waals surface area contributed by atoms with Gasteiger partial charge in [0, 0.05) is 32.9 Å². The predicted octanol–water partition coefficient (Wildman–Crippen LogP) is -1.48. The largest absolute Gasteiger partial charge is 0.352 e. The smallest absolute Gasteiger partial charge is 0.330 e. The van der Waals surface area contributed by atoms with Gasteiger partial charge in [0.05, 0.1) is 0 Å². The average molecular weight is 356 g/mol. The molecule has 1 saturated heterocycles. The number of aryl methyl sites for hydroxylation is 1. The fourth-order valence-corrected chi connectivity index (χ4v) is 4.70. The molecule has 0 aromatic carbocycles. The Balaban J connectivity index is 1.99. The molecule has 3 rings (SSSR count). The molecule has 1 aliphatic carbocycles. The number of sulfonamides is 1. The molecule has 2 fully saturated rings. The van der Waals surface area contributed by atoms with E-state index < -0.39 is 32.2 Å². The van der Waals surface area contributed by atoms with Crippen molar-refractivity contribution >= 4 is 15.9 Å². The summed E-state index contributed by atoms with van der Waals surface area (Å²) in [7, 11) is -1.56. The van der Waals surface area contributed by atoms with Crippen LogP contribution < -0.4 is 16.6 Å². The van der Waals surface area contributed by atoms with Crippen molar-refractivity contribution < 1.29 is 13.2 Å². The number of nitrogens with zero attached hydrogens (tertiary/aromatic N) is 3. The summed E-state index contributed by atoms with van der Waals surface area (Å²) < 4.78 is 28.7. The molecular formula is C14H20N4O5S. The summed E-state index contributed by atoms with van der Waals surface area (Å²) in [5.74, 6) is -0.319. The minimum absolute atomic E-state index is 0.132. The van der Waals surface area contributed by atoms with Crippen LogP contribution in [0.5, 0.6) is 0 Å². The molecule has 2 aliphatic rings. The zero-order chi connectivity index (χ0) is 17.6. The standard InChI is InChI=1S/C14H20N4O5S/c1-16-8-11(13(20)17(2)14(16)21)24(22,23)18-7-3-4-10(18)12(19)15-9-5-6-9/h8-10H,3-7H2,1-2H3,(H,15,19). The minimum Gasteiger partial charge on any atom is -0.352 e. The molecule has 132 valence electrons. The molecule has 1 N–H and O–H groups in total. The molecular weight excluding hydrogens is 336 g/mol. The number of carbonyl (C=O) groups is 1. The Labute approximate surface area is 138 Å². The second-order valence-corrected chi connectivity index (χ2v) is 8.17. The minimum atomic E-state index is -4.16. The van der Waals surface area contributed by atoms with Gasteiger partial charge < -0.3 is 9.88 Å². The summed E-state index contributed by atoms with van der Waals surface area (Å²) in [4.78, 5) is 35.8. The summed E-state index contributed by atoms with van der Waals surface area (Å²) in [5.41, 5.74) is -1.49. The lowest BCUT2D eigenvalue weighted by Crippen LogP contribution is -2.48. The van der Waals surface area contributed by atoms with Crippen LogP contribution in [0.4, 0.5) is 0 Å². The highest BCUT2D eigenvalue weighted by molar-refractivity contribution is 7.89. The summed E-state index contributed by atoms with van der Waals surface area (Å²) in [6.45, 7) is 0.178. The van der Waals surface area contributed by atoms with Crippen LogP contribution in [-0.4, -0.2) is 46.4 Å². The van der Waals surface area contributed by atoms with E-state index in [1.165, 1.54) is 14.1 Å². The van der Waals surface area contributed by atoms with Crippen LogP contribution in [0, 0.1) is 0 Å². The lowest BCUT2D eigenvalue weighted by atomic mass is 10.2. The van der Waals surface area contributed by atoms with Gasteiger partial charge in [-0.3, -0.25) is 14.2 Å². The summed E-state index contributed by atoms with van der Waals surface area (Å²) in [5, 5.41) is 2.81. The van der Waals surface area contributed by atoms with Gasteiger partial charge in [0.2, 0.25) is 5.91 Å². The van der Waals surface area contributed by atoms with Crippen molar-refractivity contribution in [1.82, 2.24) is 18.8 Å². The van der Waals surface area contributed by atoms with Gasteiger partial charge in [0.1, 0.15) is 6.04 Å². The number of aromatic nitrogens is 2. The monoisotopic (exact) mass is 356 g/mol. The van der Waals surface area contributed by atoms with Gasteiger partial charge >= 0.3 is 5.69 Å². The van der Waals surface area contributed by atoms with Gasteiger partial charge in [-0.05, 0) is 25.7 Å². The third-order valence-electron chi connectivity index (χ3n) is 4.43. The molecule has 1 aromatic rings. The molecule has 1 atom stereocenters. The van der Waals surface area contributed by atoms with E-state index in [0.29, 0.717) is 12.8 Å². The van der Waals surface area contributed by atoms with Gasteiger partial charge in [-0.25, -0.2) is 13.2 Å². The maximum absolute atomic E-state index is 12.9. The van der Waals surface area contributed by atoms with E-state index in [4.69, 9.17) is 0 Å². The molecule has 0 spiro atoms. The van der Waals surface area contributed by atoms with E-state index in [-0.39, 0.29) is 18.5 Å². The van der Waals surface area contributed by atoms with Gasteiger partial charge in [-0.2, -0.15) is 4.31 Å². The van der Waals surface area contributed by atoms with E-state index in [0.717, 1.165) is 32.5 Å². The van der Waals surface area contributed by atoms with Crippen molar-refractivity contribution in [2.75, 3.05) is 6.54 Å². The molecule has 2 heterocycles. The number of rotatable bonds is 4. The normalized spacial score (nSPS) is 21.8. The van der Waals surface area contributed by atoms with E-state index >= 15 is 0 Å². The molecule has 1 amide bonds. The van der Waals surface area contributed by atoms with Crippen LogP contribution in [-0.2, 0) is 28.9 Å². The van der Waals surface area contributed by atoms with E-state index in [9.17, 15) is 22.8 Å². The van der Waals surface area contributed by atoms with Crippen molar-refractivity contribution in [3.8, 4) is 0 Å². The lowest BCUT2D eigenvalue weighted by Gasteiger charge is -2.23. The maximum atomic E-state index is 12.9. The summed E-state index contributed by atoms with van der Waals surface area (Å²) in [6.07, 6.45) is 3.81. The topological polar surface area (TPSA) is 110 Å². The number of nitrogens with one attached hydrogen (secondary N) is 1. The Hall–Kier alpha value is -1.94. The van der Waals surface area contributed by atoms with Crippen LogP contribution in [0.25, 0.3) is 0 Å². The van der Waals surface area contributed by atoms with Crippen molar-refractivity contribution in [2.24, 2.45) is 14.1 Å². The Kier molecular flexibility index (Phi) is 4.12. The summed E-state index contributed by atoms with van der Waals surface area (Å²) >= 11 is 0. The SMILES string of the molecule is Cn1cc(S(=O)(=O)N2CCCC2C(=O)NC2CC2)c(=O)n(C)c1=O. The Bertz CT molecular complexity index is 897. The third kappa shape index (κ3) is 2.80. The van der Waals surface area contributed by atoms with Crippen LogP contribution in [0.1, 0.15) is 25.7 Å². The molecule has 1 aromatic heterocycles. The highest BCUT2D eigenvalue weighted by Crippen LogP contribution is 2.26. The fraction of sp³-hybridized carbons (Fsp3) is 0.643. The third-order valence-corrected chi connectivity index (χ3v) is 6.32. The van der Waals surface area contributed by atoms with Crippen LogP contribution in [0.15, 0.2) is 20.7 Å². The van der Waals surface area contributed by atoms with Gasteiger partial charge in [-0.1, -0.05) is 0 Å². The molecule has 0 radical (unpaired) electrons. The van der Waals surface area contributed by atoms with Gasteiger partial charge in [-0.15, -0.1) is 0 Å². The first-order valence-corrected chi connectivity index (χ1v) is 9.26. The molecule has 1 unspecified atom stereocenters. The van der Waals surface area contributed by atoms with Crippen LogP contribution >= 0.6 is 0 Å². The molecule has 0 bridgehead atoms. The Morgan fingerprint density at radius 2 is 1.88 bits per heavy atom. The van der Waals surface area contributed by atoms with Crippen molar-refractivity contribution in [3.05, 3.63) is 27.0 Å². The quantitative estimate of drug-likeness (QED) is 0.707. The first-order chi connectivity index (χ1) is 11.2. The number of hydrogen-bond donors (Lipinski definition) is 1. The zero-order valence-corrected chi connectivity index (χ0v) is 14.4. The molecule has 10 heteroatoms. The van der Waals surface area contributed by atoms with Crippen molar-refractivity contribution in [3.63, 3.8) is 0 Å². The second-order valence-electron chi connectivity index (χ2n) is 6.31. The summed E-state index contributed by atoms with van der Waals surface area (Å²) in [6, 6.07) is -0.675. The number of hydrogen-bond acceptors (Lipinski definition) is 5. The predicted molar refractivity (Wildman–Crippen MR) is 85.0 cm³/mol. The molecule has 1 aliphatic heterocycles. The Morgan fingerprint density at radius 3 is 2.50 bits per heavy atom. The maximum Gasteiger partial charge on any atom is 0.330 e. The average Bonchev–Trinajstić information content (AvgIpc) is 3.19. The number of amides is 1. The number of carbonyl (C=O) groups excluding carboxylic acids is 1. The second kappa shape index (κ2) is 5.85. The fourth-order valence-electron chi connectivity index (χ4n) is 2.89. The first-order valence-electron chi connectivity index (χ1n) is 7.82. The van der Waals surface area contributed by atoms with E-state index in [1.807, 2.05) is 0 Å². The van der Waals surface area contributed by atoms with Crippen LogP contribution in [0.3, 0.4) is 0 Å². The molecule has 1 saturated carbocycles. The van der Waals surface area contributed by atoms with Gasteiger partial charge in [0.25, 0.3) is 15.6 Å². The Morgan fingerprint density at radius 1 is 1.21 bits per heavy atom. The van der Waals surface area contributed by atoms with Crippen molar-refractivity contribution in [2.45, 2.75) is 42.7 Å². The van der Waals surface area contributed by atoms with E-state index in [2.05, 4.69) is 5.32 Å². The molecule has 24 heavy (non-hydrogen) atoms. The first kappa shape index (κ1) is 16.9. The van der Waals surface area contributed by atoms with E-state index in [1.54, 1.807) is 0 Å². The lowest BCUT2D eigenvalue weighted by molar-refractivity contribution is -0.124. The highest BCUT2D eigenvalue weighted by atomic mass is 32.2. The highest BCUT2D eigenvalue weighted by Gasteiger charge is 2.42.